The number of benzene rings is 2. The zero-order chi connectivity index (χ0) is 18.0. The molecule has 1 N–H and O–H groups in total. The van der Waals surface area contributed by atoms with Crippen LogP contribution in [0.15, 0.2) is 36.4 Å². The number of rotatable bonds is 4. The molecule has 0 aromatic heterocycles. The van der Waals surface area contributed by atoms with Crippen molar-refractivity contribution in [1.82, 2.24) is 0 Å². The summed E-state index contributed by atoms with van der Waals surface area (Å²) in [5, 5.41) is 3.25. The van der Waals surface area contributed by atoms with Gasteiger partial charge in [0.1, 0.15) is 13.2 Å². The zero-order valence-corrected chi connectivity index (χ0v) is 14.7. The van der Waals surface area contributed by atoms with Gasteiger partial charge < -0.3 is 14.8 Å². The summed E-state index contributed by atoms with van der Waals surface area (Å²) >= 11 is 5.94. The van der Waals surface area contributed by atoms with E-state index in [1.807, 2.05) is 13.8 Å². The molecule has 0 saturated heterocycles. The molecule has 0 bridgehead atoms. The molecular weight excluding hydrogens is 342 g/mol. The van der Waals surface area contributed by atoms with Gasteiger partial charge in [0, 0.05) is 28.1 Å². The molecule has 5 nitrogen and oxygen atoms in total. The molecule has 0 spiro atoms. The van der Waals surface area contributed by atoms with Crippen LogP contribution in [0.25, 0.3) is 0 Å². The number of ether oxygens (including phenoxy) is 2. The maximum absolute atomic E-state index is 12.6. The van der Waals surface area contributed by atoms with E-state index in [1.165, 1.54) is 0 Å². The molecule has 0 aliphatic carbocycles. The second-order valence-corrected chi connectivity index (χ2v) is 6.46. The molecule has 0 atom stereocenters. The number of nitrogens with one attached hydrogen (secondary N) is 1. The molecule has 3 rings (SSSR count). The number of hydrogen-bond acceptors (Lipinski definition) is 4. The van der Waals surface area contributed by atoms with E-state index >= 15 is 0 Å². The first kappa shape index (κ1) is 17.3. The predicted molar refractivity (Wildman–Crippen MR) is 96.0 cm³/mol. The van der Waals surface area contributed by atoms with Gasteiger partial charge in [-0.25, -0.2) is 0 Å². The van der Waals surface area contributed by atoms with Crippen molar-refractivity contribution in [1.29, 1.82) is 0 Å². The lowest BCUT2D eigenvalue weighted by Gasteiger charge is -2.21. The fourth-order valence-electron chi connectivity index (χ4n) is 2.53. The minimum atomic E-state index is -0.350. The van der Waals surface area contributed by atoms with E-state index in [2.05, 4.69) is 5.32 Å². The molecule has 1 aliphatic heterocycles. The minimum absolute atomic E-state index is 0.0848. The lowest BCUT2D eigenvalue weighted by molar-refractivity contribution is 0.0939. The summed E-state index contributed by atoms with van der Waals surface area (Å²) in [6.45, 7) is 4.46. The van der Waals surface area contributed by atoms with Crippen LogP contribution < -0.4 is 14.8 Å². The zero-order valence-electron chi connectivity index (χ0n) is 14.0. The first-order valence-corrected chi connectivity index (χ1v) is 8.38. The second-order valence-electron chi connectivity index (χ2n) is 6.02. The van der Waals surface area contributed by atoms with Crippen molar-refractivity contribution in [3.63, 3.8) is 0 Å². The Morgan fingerprint density at radius 2 is 1.76 bits per heavy atom. The summed E-state index contributed by atoms with van der Waals surface area (Å²) in [5.74, 6) is 0.365. The Morgan fingerprint density at radius 1 is 1.08 bits per heavy atom. The fraction of sp³-hybridized carbons (Fsp3) is 0.263. The Balaban J connectivity index is 1.98. The van der Waals surface area contributed by atoms with Crippen molar-refractivity contribution >= 4 is 29.0 Å². The van der Waals surface area contributed by atoms with Gasteiger partial charge in [-0.05, 0) is 24.3 Å². The number of carbonyl (C=O) groups excluding carboxylic acids is 2. The van der Waals surface area contributed by atoms with Crippen molar-refractivity contribution in [2.24, 2.45) is 5.92 Å². The molecule has 1 aliphatic rings. The van der Waals surface area contributed by atoms with Crippen LogP contribution in [0.2, 0.25) is 5.02 Å². The molecular formula is C19H18ClNO4. The molecule has 1 heterocycles. The Hall–Kier alpha value is -2.53. The summed E-state index contributed by atoms with van der Waals surface area (Å²) in [6.07, 6.45) is 0. The summed E-state index contributed by atoms with van der Waals surface area (Å²) in [7, 11) is 0. The van der Waals surface area contributed by atoms with Crippen LogP contribution in [-0.2, 0) is 0 Å². The SMILES string of the molecule is CC(C)C(=O)c1cc2c(cc1NC(=O)c1cccc(Cl)c1)OCCO2. The number of halogens is 1. The van der Waals surface area contributed by atoms with Crippen molar-refractivity contribution in [2.75, 3.05) is 18.5 Å². The molecule has 2 aromatic carbocycles. The number of hydrogen-bond donors (Lipinski definition) is 1. The lowest BCUT2D eigenvalue weighted by atomic mass is 9.98. The lowest BCUT2D eigenvalue weighted by Crippen LogP contribution is -2.20. The van der Waals surface area contributed by atoms with E-state index in [4.69, 9.17) is 21.1 Å². The predicted octanol–water partition coefficient (Wildman–Crippen LogP) is 4.20. The van der Waals surface area contributed by atoms with Gasteiger partial charge in [0.05, 0.1) is 5.69 Å². The molecule has 0 saturated carbocycles. The van der Waals surface area contributed by atoms with Gasteiger partial charge in [-0.15, -0.1) is 0 Å². The van der Waals surface area contributed by atoms with Crippen LogP contribution in [0, 0.1) is 5.92 Å². The van der Waals surface area contributed by atoms with Crippen LogP contribution in [0.5, 0.6) is 11.5 Å². The molecule has 6 heteroatoms. The highest BCUT2D eigenvalue weighted by molar-refractivity contribution is 6.31. The topological polar surface area (TPSA) is 64.6 Å². The average Bonchev–Trinajstić information content (AvgIpc) is 2.60. The number of carbonyl (C=O) groups is 2. The Labute approximate surface area is 150 Å². The Morgan fingerprint density at radius 3 is 2.40 bits per heavy atom. The standard InChI is InChI=1S/C19H18ClNO4/c1-11(2)18(22)14-9-16-17(25-7-6-24-16)10-15(14)21-19(23)12-4-3-5-13(20)8-12/h3-5,8-11H,6-7H2,1-2H3,(H,21,23). The van der Waals surface area contributed by atoms with Crippen molar-refractivity contribution in [3.8, 4) is 11.5 Å². The van der Waals surface area contributed by atoms with E-state index < -0.39 is 0 Å². The highest BCUT2D eigenvalue weighted by Crippen LogP contribution is 2.36. The van der Waals surface area contributed by atoms with Gasteiger partial charge in [0.15, 0.2) is 17.3 Å². The summed E-state index contributed by atoms with van der Waals surface area (Å²) in [6, 6.07) is 9.87. The second kappa shape index (κ2) is 7.15. The molecule has 0 unspecified atom stereocenters. The number of ketones is 1. The van der Waals surface area contributed by atoms with E-state index in [9.17, 15) is 9.59 Å². The minimum Gasteiger partial charge on any atom is -0.486 e. The smallest absolute Gasteiger partial charge is 0.255 e. The quantitative estimate of drug-likeness (QED) is 0.831. The van der Waals surface area contributed by atoms with Gasteiger partial charge in [-0.3, -0.25) is 9.59 Å². The largest absolute Gasteiger partial charge is 0.486 e. The van der Waals surface area contributed by atoms with Crippen LogP contribution in [-0.4, -0.2) is 24.9 Å². The van der Waals surface area contributed by atoms with Crippen LogP contribution >= 0.6 is 11.6 Å². The van der Waals surface area contributed by atoms with Gasteiger partial charge in [0.2, 0.25) is 0 Å². The Kier molecular flexibility index (Phi) is 4.95. The van der Waals surface area contributed by atoms with Crippen LogP contribution in [0.3, 0.4) is 0 Å². The molecule has 130 valence electrons. The summed E-state index contributed by atoms with van der Waals surface area (Å²) in [5.41, 5.74) is 1.20. The van der Waals surface area contributed by atoms with Gasteiger partial charge in [-0.2, -0.15) is 0 Å². The monoisotopic (exact) mass is 359 g/mol. The third-order valence-corrected chi connectivity index (χ3v) is 4.04. The normalized spacial score (nSPS) is 12.8. The summed E-state index contributed by atoms with van der Waals surface area (Å²) in [4.78, 5) is 25.1. The van der Waals surface area contributed by atoms with Crippen LogP contribution in [0.4, 0.5) is 5.69 Å². The summed E-state index contributed by atoms with van der Waals surface area (Å²) < 4.78 is 11.1. The highest BCUT2D eigenvalue weighted by atomic mass is 35.5. The molecule has 25 heavy (non-hydrogen) atoms. The number of fused-ring (bicyclic) bond motifs is 1. The molecule has 0 radical (unpaired) electrons. The van der Waals surface area contributed by atoms with Gasteiger partial charge in [-0.1, -0.05) is 31.5 Å². The molecule has 0 fully saturated rings. The third kappa shape index (κ3) is 3.77. The Bertz CT molecular complexity index is 832. The fourth-order valence-corrected chi connectivity index (χ4v) is 2.72. The maximum Gasteiger partial charge on any atom is 0.255 e. The average molecular weight is 360 g/mol. The number of Topliss-reactive ketones (excluding diaryl/α,β-unsaturated/α-hetero) is 1. The van der Waals surface area contributed by atoms with Crippen LogP contribution in [0.1, 0.15) is 34.6 Å². The van der Waals surface area contributed by atoms with Crippen molar-refractivity contribution in [2.45, 2.75) is 13.8 Å². The molecule has 1 amide bonds. The van der Waals surface area contributed by atoms with E-state index in [0.29, 0.717) is 46.5 Å². The van der Waals surface area contributed by atoms with E-state index in [0.717, 1.165) is 0 Å². The van der Waals surface area contributed by atoms with E-state index in [-0.39, 0.29) is 17.6 Å². The van der Waals surface area contributed by atoms with Crippen molar-refractivity contribution < 1.29 is 19.1 Å². The maximum atomic E-state index is 12.6. The van der Waals surface area contributed by atoms with E-state index in [1.54, 1.807) is 36.4 Å². The third-order valence-electron chi connectivity index (χ3n) is 3.81. The van der Waals surface area contributed by atoms with Crippen molar-refractivity contribution in [3.05, 3.63) is 52.5 Å². The van der Waals surface area contributed by atoms with Gasteiger partial charge >= 0.3 is 0 Å². The first-order chi connectivity index (χ1) is 12.0. The first-order valence-electron chi connectivity index (χ1n) is 8.00. The molecule has 2 aromatic rings. The highest BCUT2D eigenvalue weighted by Gasteiger charge is 2.22. The van der Waals surface area contributed by atoms with Gasteiger partial charge in [0.25, 0.3) is 5.91 Å². The number of amides is 1. The number of anilines is 1.